The topological polar surface area (TPSA) is 136 Å². The number of non-ortho nitro benzene ring substituents is 1. The predicted molar refractivity (Wildman–Crippen MR) is 119 cm³/mol. The van der Waals surface area contributed by atoms with Crippen molar-refractivity contribution in [3.63, 3.8) is 0 Å². The van der Waals surface area contributed by atoms with Crippen LogP contribution in [-0.2, 0) is 0 Å². The molecule has 0 radical (unpaired) electrons. The summed E-state index contributed by atoms with van der Waals surface area (Å²) in [4.78, 5) is 37.1. The number of primary amides is 1. The average Bonchev–Trinajstić information content (AvgIpc) is 3.30. The molecule has 10 nitrogen and oxygen atoms in total. The van der Waals surface area contributed by atoms with Crippen LogP contribution in [0.1, 0.15) is 40.1 Å². The first kappa shape index (κ1) is 21.0. The van der Waals surface area contributed by atoms with Gasteiger partial charge in [0.1, 0.15) is 0 Å². The molecule has 0 bridgehead atoms. The van der Waals surface area contributed by atoms with Crippen molar-refractivity contribution in [2.45, 2.75) is 19.3 Å². The Bertz CT molecular complexity index is 1170. The Kier molecular flexibility index (Phi) is 5.84. The molecule has 2 amide bonds. The molecule has 3 N–H and O–H groups in total. The van der Waals surface area contributed by atoms with Crippen LogP contribution in [0.5, 0.6) is 0 Å². The van der Waals surface area contributed by atoms with Gasteiger partial charge in [0.15, 0.2) is 5.69 Å². The number of carbonyl (C=O) groups excluding carboxylic acids is 2. The fourth-order valence-corrected chi connectivity index (χ4v) is 3.70. The number of carbonyl (C=O) groups is 2. The number of nitro groups is 1. The third kappa shape index (κ3) is 4.43. The summed E-state index contributed by atoms with van der Waals surface area (Å²) in [5, 5.41) is 18.0. The summed E-state index contributed by atoms with van der Waals surface area (Å²) in [6.45, 7) is 1.74. The first-order valence-electron chi connectivity index (χ1n) is 10.2. The number of anilines is 2. The number of rotatable bonds is 6. The van der Waals surface area contributed by atoms with Gasteiger partial charge in [-0.15, -0.1) is 0 Å². The van der Waals surface area contributed by atoms with Crippen LogP contribution in [0.4, 0.5) is 17.1 Å². The molecule has 1 fully saturated rings. The van der Waals surface area contributed by atoms with Crippen LogP contribution >= 0.6 is 0 Å². The van der Waals surface area contributed by atoms with E-state index in [0.717, 1.165) is 38.0 Å². The molecule has 0 unspecified atom stereocenters. The molecular weight excluding hydrogens is 412 g/mol. The normalized spacial score (nSPS) is 13.6. The quantitative estimate of drug-likeness (QED) is 0.452. The van der Waals surface area contributed by atoms with Crippen molar-refractivity contribution in [2.24, 2.45) is 5.73 Å². The summed E-state index contributed by atoms with van der Waals surface area (Å²) in [6.07, 6.45) is 4.88. The van der Waals surface area contributed by atoms with Crippen LogP contribution in [0.15, 0.2) is 54.7 Å². The zero-order chi connectivity index (χ0) is 22.7. The SMILES string of the molecule is NC(=O)c1ccc(N2CCCCC2)c(NC(=O)c2ccn(-c3ccc([N+](=O)[O-])cc3)n2)c1. The minimum absolute atomic E-state index is 0.0292. The maximum atomic E-state index is 12.9. The second-order valence-electron chi connectivity index (χ2n) is 7.52. The molecule has 1 aliphatic heterocycles. The molecule has 2 heterocycles. The van der Waals surface area contributed by atoms with Crippen molar-refractivity contribution in [1.82, 2.24) is 9.78 Å². The van der Waals surface area contributed by atoms with E-state index in [2.05, 4.69) is 15.3 Å². The highest BCUT2D eigenvalue weighted by Gasteiger charge is 2.19. The van der Waals surface area contributed by atoms with E-state index in [0.29, 0.717) is 16.9 Å². The monoisotopic (exact) mass is 434 g/mol. The van der Waals surface area contributed by atoms with Crippen molar-refractivity contribution in [3.8, 4) is 5.69 Å². The summed E-state index contributed by atoms with van der Waals surface area (Å²) >= 11 is 0. The summed E-state index contributed by atoms with van der Waals surface area (Å²) in [7, 11) is 0. The van der Waals surface area contributed by atoms with E-state index >= 15 is 0 Å². The standard InChI is InChI=1S/C22H22N6O4/c23-21(29)15-4-9-20(26-11-2-1-3-12-26)19(14-15)24-22(30)18-10-13-27(25-18)16-5-7-17(8-6-16)28(31)32/h4-10,13-14H,1-3,11-12H2,(H2,23,29)(H,24,30). The van der Waals surface area contributed by atoms with Gasteiger partial charge in [-0.25, -0.2) is 4.68 Å². The average molecular weight is 434 g/mol. The van der Waals surface area contributed by atoms with E-state index in [1.165, 1.54) is 16.8 Å². The molecule has 0 aliphatic carbocycles. The Hall–Kier alpha value is -4.21. The Morgan fingerprint density at radius 2 is 1.75 bits per heavy atom. The molecule has 1 aliphatic rings. The number of aromatic nitrogens is 2. The molecule has 0 spiro atoms. The lowest BCUT2D eigenvalue weighted by Crippen LogP contribution is -2.30. The summed E-state index contributed by atoms with van der Waals surface area (Å²) in [6, 6.07) is 12.4. The van der Waals surface area contributed by atoms with E-state index in [-0.39, 0.29) is 11.4 Å². The van der Waals surface area contributed by atoms with E-state index < -0.39 is 16.7 Å². The first-order chi connectivity index (χ1) is 15.4. The second kappa shape index (κ2) is 8.88. The van der Waals surface area contributed by atoms with E-state index in [1.807, 2.05) is 0 Å². The minimum Gasteiger partial charge on any atom is -0.370 e. The van der Waals surface area contributed by atoms with E-state index in [1.54, 1.807) is 42.6 Å². The molecule has 2 aromatic carbocycles. The number of hydrogen-bond acceptors (Lipinski definition) is 6. The van der Waals surface area contributed by atoms with Gasteiger partial charge < -0.3 is 16.0 Å². The van der Waals surface area contributed by atoms with Gasteiger partial charge in [-0.1, -0.05) is 0 Å². The molecule has 164 valence electrons. The third-order valence-electron chi connectivity index (χ3n) is 5.37. The fourth-order valence-electron chi connectivity index (χ4n) is 3.70. The maximum Gasteiger partial charge on any atom is 0.276 e. The van der Waals surface area contributed by atoms with E-state index in [9.17, 15) is 19.7 Å². The van der Waals surface area contributed by atoms with Crippen LogP contribution in [0.25, 0.3) is 5.69 Å². The van der Waals surface area contributed by atoms with Crippen molar-refractivity contribution >= 4 is 28.9 Å². The van der Waals surface area contributed by atoms with Crippen LogP contribution < -0.4 is 16.0 Å². The van der Waals surface area contributed by atoms with Crippen LogP contribution in [0.3, 0.4) is 0 Å². The molecule has 4 rings (SSSR count). The van der Waals surface area contributed by atoms with Crippen LogP contribution in [0, 0.1) is 10.1 Å². The smallest absolute Gasteiger partial charge is 0.276 e. The maximum absolute atomic E-state index is 12.9. The number of hydrogen-bond donors (Lipinski definition) is 2. The Labute approximate surface area is 183 Å². The Morgan fingerprint density at radius 1 is 1.03 bits per heavy atom. The number of piperidine rings is 1. The van der Waals surface area contributed by atoms with Crippen LogP contribution in [0.2, 0.25) is 0 Å². The highest BCUT2D eigenvalue weighted by molar-refractivity contribution is 6.06. The number of amides is 2. The lowest BCUT2D eigenvalue weighted by Gasteiger charge is -2.30. The van der Waals surface area contributed by atoms with Gasteiger partial charge in [-0.3, -0.25) is 19.7 Å². The number of nitrogens with two attached hydrogens (primary N) is 1. The third-order valence-corrected chi connectivity index (χ3v) is 5.37. The number of benzene rings is 2. The van der Waals surface area contributed by atoms with Gasteiger partial charge in [-0.05, 0) is 55.7 Å². The zero-order valence-corrected chi connectivity index (χ0v) is 17.2. The molecule has 1 aromatic heterocycles. The highest BCUT2D eigenvalue weighted by Crippen LogP contribution is 2.30. The molecule has 0 saturated carbocycles. The van der Waals surface area contributed by atoms with Crippen LogP contribution in [-0.4, -0.2) is 39.6 Å². The molecule has 10 heteroatoms. The highest BCUT2D eigenvalue weighted by atomic mass is 16.6. The number of nitro benzene ring substituents is 1. The van der Waals surface area contributed by atoms with Crippen molar-refractivity contribution < 1.29 is 14.5 Å². The molecular formula is C22H22N6O4. The van der Waals surface area contributed by atoms with Gasteiger partial charge in [0.25, 0.3) is 11.6 Å². The Balaban J connectivity index is 1.57. The zero-order valence-electron chi connectivity index (χ0n) is 17.2. The molecule has 32 heavy (non-hydrogen) atoms. The number of nitrogens with one attached hydrogen (secondary N) is 1. The molecule has 0 atom stereocenters. The van der Waals surface area contributed by atoms with Gasteiger partial charge in [0.05, 0.1) is 22.0 Å². The van der Waals surface area contributed by atoms with Gasteiger partial charge in [0.2, 0.25) is 5.91 Å². The van der Waals surface area contributed by atoms with E-state index in [4.69, 9.17) is 5.73 Å². The van der Waals surface area contributed by atoms with Gasteiger partial charge >= 0.3 is 0 Å². The summed E-state index contributed by atoms with van der Waals surface area (Å²) < 4.78 is 1.46. The van der Waals surface area contributed by atoms with Gasteiger partial charge in [0, 0.05) is 37.0 Å². The minimum atomic E-state index is -0.576. The first-order valence-corrected chi connectivity index (χ1v) is 10.2. The fraction of sp³-hybridized carbons (Fsp3) is 0.227. The molecule has 3 aromatic rings. The predicted octanol–water partition coefficient (Wildman–Crippen LogP) is 3.12. The lowest BCUT2D eigenvalue weighted by atomic mass is 10.1. The number of nitrogens with zero attached hydrogens (tertiary/aromatic N) is 4. The van der Waals surface area contributed by atoms with Gasteiger partial charge in [-0.2, -0.15) is 5.10 Å². The lowest BCUT2D eigenvalue weighted by molar-refractivity contribution is -0.384. The summed E-state index contributed by atoms with van der Waals surface area (Å²) in [5.41, 5.74) is 7.78. The second-order valence-corrected chi connectivity index (χ2v) is 7.52. The Morgan fingerprint density at radius 3 is 2.41 bits per heavy atom. The van der Waals surface area contributed by atoms with Crippen molar-refractivity contribution in [1.29, 1.82) is 0 Å². The largest absolute Gasteiger partial charge is 0.370 e. The van der Waals surface area contributed by atoms with Crippen molar-refractivity contribution in [3.05, 3.63) is 76.1 Å². The molecule has 1 saturated heterocycles. The van der Waals surface area contributed by atoms with Crippen molar-refractivity contribution in [2.75, 3.05) is 23.3 Å². The summed E-state index contributed by atoms with van der Waals surface area (Å²) in [5.74, 6) is -1.02.